The maximum absolute atomic E-state index is 12.4. The number of nitrogens with zero attached hydrogens (tertiary/aromatic N) is 2. The van der Waals surface area contributed by atoms with Gasteiger partial charge in [-0.3, -0.25) is 14.5 Å². The summed E-state index contributed by atoms with van der Waals surface area (Å²) in [6, 6.07) is 12.2. The second kappa shape index (κ2) is 8.52. The minimum absolute atomic E-state index is 0.106. The Morgan fingerprint density at radius 3 is 2.56 bits per heavy atom. The van der Waals surface area contributed by atoms with Crippen LogP contribution in [0.4, 0.5) is 5.69 Å². The number of rotatable bonds is 6. The van der Waals surface area contributed by atoms with E-state index in [-0.39, 0.29) is 18.0 Å². The summed E-state index contributed by atoms with van der Waals surface area (Å²) in [5, 5.41) is 4.02. The number of carbonyl (C=O) groups excluding carboxylic acids is 1. The second-order valence-electron chi connectivity index (χ2n) is 5.98. The first kappa shape index (κ1) is 19.4. The van der Waals surface area contributed by atoms with E-state index < -0.39 is 0 Å². The van der Waals surface area contributed by atoms with Crippen LogP contribution >= 0.6 is 23.2 Å². The number of aromatic amines is 1. The Labute approximate surface area is 166 Å². The Balaban J connectivity index is 1.72. The summed E-state index contributed by atoms with van der Waals surface area (Å²) in [7, 11) is 0. The summed E-state index contributed by atoms with van der Waals surface area (Å²) >= 11 is 12.2. The van der Waals surface area contributed by atoms with Crippen molar-refractivity contribution in [1.82, 2.24) is 14.9 Å². The zero-order chi connectivity index (χ0) is 19.4. The van der Waals surface area contributed by atoms with Crippen LogP contribution in [0.15, 0.2) is 47.3 Å². The lowest BCUT2D eigenvalue weighted by atomic mass is 10.2. The summed E-state index contributed by atoms with van der Waals surface area (Å²) in [5.41, 5.74) is 0.817. The van der Waals surface area contributed by atoms with Crippen molar-refractivity contribution in [2.75, 3.05) is 18.4 Å². The molecule has 1 aromatic heterocycles. The van der Waals surface area contributed by atoms with Gasteiger partial charge < -0.3 is 10.3 Å². The zero-order valence-corrected chi connectivity index (χ0v) is 16.1. The van der Waals surface area contributed by atoms with Crippen molar-refractivity contribution in [3.05, 3.63) is 68.7 Å². The minimum Gasteiger partial charge on any atom is -0.322 e. The van der Waals surface area contributed by atoms with Crippen molar-refractivity contribution in [3.8, 4) is 0 Å². The average Bonchev–Trinajstić information content (AvgIpc) is 2.64. The summed E-state index contributed by atoms with van der Waals surface area (Å²) in [5.74, 6) is 0.249. The molecule has 8 heteroatoms. The number of aromatic nitrogens is 2. The van der Waals surface area contributed by atoms with E-state index in [9.17, 15) is 9.59 Å². The first-order chi connectivity index (χ1) is 13.0. The third-order valence-corrected chi connectivity index (χ3v) is 4.71. The molecule has 0 aliphatic heterocycles. The molecular formula is C19H18Cl2N4O2. The Hall–Kier alpha value is -2.41. The van der Waals surface area contributed by atoms with Crippen molar-refractivity contribution in [1.29, 1.82) is 0 Å². The van der Waals surface area contributed by atoms with E-state index in [4.69, 9.17) is 23.2 Å². The van der Waals surface area contributed by atoms with Crippen molar-refractivity contribution in [2.45, 2.75) is 13.5 Å². The first-order valence-corrected chi connectivity index (χ1v) is 9.17. The Morgan fingerprint density at radius 2 is 1.85 bits per heavy atom. The smallest absolute Gasteiger partial charge is 0.258 e. The van der Waals surface area contributed by atoms with Crippen LogP contribution in [0.1, 0.15) is 12.7 Å². The maximum Gasteiger partial charge on any atom is 0.258 e. The average molecular weight is 405 g/mol. The van der Waals surface area contributed by atoms with Crippen LogP contribution in [0.3, 0.4) is 0 Å². The molecule has 0 aliphatic rings. The van der Waals surface area contributed by atoms with Gasteiger partial charge in [-0.25, -0.2) is 4.98 Å². The number of carbonyl (C=O) groups is 1. The molecule has 0 radical (unpaired) electrons. The molecule has 2 aromatic carbocycles. The van der Waals surface area contributed by atoms with Crippen molar-refractivity contribution in [2.24, 2.45) is 0 Å². The molecule has 1 heterocycles. The van der Waals surface area contributed by atoms with Gasteiger partial charge in [0.05, 0.1) is 39.7 Å². The number of amides is 1. The van der Waals surface area contributed by atoms with Crippen LogP contribution in [0.5, 0.6) is 0 Å². The van der Waals surface area contributed by atoms with E-state index in [0.717, 1.165) is 0 Å². The fourth-order valence-corrected chi connectivity index (χ4v) is 3.19. The molecule has 27 heavy (non-hydrogen) atoms. The van der Waals surface area contributed by atoms with Crippen LogP contribution < -0.4 is 10.9 Å². The molecule has 2 N–H and O–H groups in total. The van der Waals surface area contributed by atoms with Gasteiger partial charge >= 0.3 is 0 Å². The van der Waals surface area contributed by atoms with Gasteiger partial charge in [-0.05, 0) is 30.8 Å². The number of anilines is 1. The second-order valence-corrected chi connectivity index (χ2v) is 6.79. The largest absolute Gasteiger partial charge is 0.322 e. The highest BCUT2D eigenvalue weighted by Gasteiger charge is 2.14. The normalized spacial score (nSPS) is 11.1. The van der Waals surface area contributed by atoms with E-state index in [0.29, 0.717) is 45.5 Å². The van der Waals surface area contributed by atoms with Crippen molar-refractivity contribution in [3.63, 3.8) is 0 Å². The fourth-order valence-electron chi connectivity index (χ4n) is 2.70. The lowest BCUT2D eigenvalue weighted by Gasteiger charge is -2.19. The van der Waals surface area contributed by atoms with Crippen LogP contribution in [0, 0.1) is 0 Å². The molecular weight excluding hydrogens is 387 g/mol. The fraction of sp³-hybridized carbons (Fsp3) is 0.211. The Bertz CT molecular complexity index is 1020. The van der Waals surface area contributed by atoms with Crippen molar-refractivity contribution < 1.29 is 4.79 Å². The third-order valence-electron chi connectivity index (χ3n) is 4.08. The Kier molecular flexibility index (Phi) is 6.11. The maximum atomic E-state index is 12.4. The highest BCUT2D eigenvalue weighted by molar-refractivity contribution is 6.39. The van der Waals surface area contributed by atoms with Gasteiger partial charge in [0, 0.05) is 0 Å². The number of nitrogens with one attached hydrogen (secondary N) is 2. The predicted octanol–water partition coefficient (Wildman–Crippen LogP) is 3.69. The molecule has 0 spiro atoms. The van der Waals surface area contributed by atoms with Gasteiger partial charge in [0.1, 0.15) is 5.82 Å². The zero-order valence-electron chi connectivity index (χ0n) is 14.6. The molecule has 0 fully saturated rings. The number of para-hydroxylation sites is 2. The molecule has 0 bridgehead atoms. The molecule has 3 aromatic rings. The minimum atomic E-state index is -0.255. The molecule has 6 nitrogen and oxygen atoms in total. The van der Waals surface area contributed by atoms with Crippen molar-refractivity contribution >= 4 is 45.7 Å². The Morgan fingerprint density at radius 1 is 1.15 bits per heavy atom. The predicted molar refractivity (Wildman–Crippen MR) is 108 cm³/mol. The van der Waals surface area contributed by atoms with Gasteiger partial charge in [0.25, 0.3) is 5.56 Å². The molecule has 0 aliphatic carbocycles. The van der Waals surface area contributed by atoms with Crippen LogP contribution in [0.2, 0.25) is 10.0 Å². The van der Waals surface area contributed by atoms with E-state index in [1.165, 1.54) is 0 Å². The van der Waals surface area contributed by atoms with Gasteiger partial charge in [-0.2, -0.15) is 0 Å². The van der Waals surface area contributed by atoms with Crippen LogP contribution in [-0.2, 0) is 11.3 Å². The molecule has 0 unspecified atom stereocenters. The van der Waals surface area contributed by atoms with Gasteiger partial charge in [-0.15, -0.1) is 0 Å². The number of likely N-dealkylation sites (N-methyl/N-ethyl adjacent to an activating group) is 1. The standard InChI is InChI=1S/C19H18Cl2N4O2/c1-2-25(11-17(26)24-18-13(20)7-5-8-14(18)21)10-16-22-15-9-4-3-6-12(15)19(27)23-16/h3-9H,2,10-11H2,1H3,(H,24,26)(H,22,23,27). The molecule has 0 atom stereocenters. The first-order valence-electron chi connectivity index (χ1n) is 8.42. The van der Waals surface area contributed by atoms with Gasteiger partial charge in [0.15, 0.2) is 0 Å². The summed E-state index contributed by atoms with van der Waals surface area (Å²) < 4.78 is 0. The monoisotopic (exact) mass is 404 g/mol. The number of H-pyrrole nitrogens is 1. The number of hydrogen-bond acceptors (Lipinski definition) is 4. The lowest BCUT2D eigenvalue weighted by molar-refractivity contribution is -0.117. The number of benzene rings is 2. The summed E-state index contributed by atoms with van der Waals surface area (Å²) in [6.07, 6.45) is 0. The van der Waals surface area contributed by atoms with E-state index in [2.05, 4.69) is 15.3 Å². The highest BCUT2D eigenvalue weighted by atomic mass is 35.5. The molecule has 1 amide bonds. The molecule has 3 rings (SSSR count). The van der Waals surface area contributed by atoms with Gasteiger partial charge in [-0.1, -0.05) is 48.3 Å². The highest BCUT2D eigenvalue weighted by Crippen LogP contribution is 2.29. The molecule has 140 valence electrons. The molecule has 0 saturated carbocycles. The molecule has 0 saturated heterocycles. The third kappa shape index (κ3) is 4.66. The lowest BCUT2D eigenvalue weighted by Crippen LogP contribution is -2.34. The van der Waals surface area contributed by atoms with E-state index in [1.54, 1.807) is 36.4 Å². The van der Waals surface area contributed by atoms with Crippen LogP contribution in [-0.4, -0.2) is 33.9 Å². The summed E-state index contributed by atoms with van der Waals surface area (Å²) in [6.45, 7) is 2.96. The van der Waals surface area contributed by atoms with E-state index in [1.807, 2.05) is 17.9 Å². The summed E-state index contributed by atoms with van der Waals surface area (Å²) in [4.78, 5) is 33.7. The number of halogens is 2. The van der Waals surface area contributed by atoms with Gasteiger partial charge in [0.2, 0.25) is 5.91 Å². The number of fused-ring (bicyclic) bond motifs is 1. The SMILES string of the molecule is CCN(CC(=O)Nc1c(Cl)cccc1Cl)Cc1nc2ccccc2c(=O)[nH]1. The quantitative estimate of drug-likeness (QED) is 0.656. The topological polar surface area (TPSA) is 78.1 Å². The van der Waals surface area contributed by atoms with E-state index >= 15 is 0 Å². The number of hydrogen-bond donors (Lipinski definition) is 2. The van der Waals surface area contributed by atoms with Crippen LogP contribution in [0.25, 0.3) is 10.9 Å².